The summed E-state index contributed by atoms with van der Waals surface area (Å²) in [6.07, 6.45) is 0.537. The van der Waals surface area contributed by atoms with Crippen molar-refractivity contribution >= 4 is 23.3 Å². The summed E-state index contributed by atoms with van der Waals surface area (Å²) in [5.41, 5.74) is 1.05. The second-order valence-electron chi connectivity index (χ2n) is 11.9. The fraction of sp³-hybridized carbons (Fsp3) is 0.500. The molecule has 1 fully saturated rings. The van der Waals surface area contributed by atoms with E-state index < -0.39 is 11.5 Å². The molecule has 1 amide bonds. The van der Waals surface area contributed by atoms with Crippen molar-refractivity contribution in [1.82, 2.24) is 9.80 Å². The van der Waals surface area contributed by atoms with Crippen LogP contribution < -0.4 is 9.75 Å². The van der Waals surface area contributed by atoms with E-state index in [4.69, 9.17) is 9.84 Å². The molecule has 3 aliphatic rings. The summed E-state index contributed by atoms with van der Waals surface area (Å²) in [5, 5.41) is 16.4. The standard InChI is InChI=1S/C30H37FN4O4/c1-20(36)27-30(21-9-6-5-7-10-21,26-19-39-24-12-11-22(31)17-23(24)35(26)32-27)13-8-14-33-15-16-34(28(37)38)25(18-33)29(2,3)4/h5-7,9-12,17,25-26H,8,13-16,18-19H2,1-4H3,(H,37,38)/t25?,26?,30-/m1/s1. The first-order valence-electron chi connectivity index (χ1n) is 13.6. The topological polar surface area (TPSA) is 85.7 Å². The highest BCUT2D eigenvalue weighted by atomic mass is 19.1. The minimum absolute atomic E-state index is 0.110. The molecule has 39 heavy (non-hydrogen) atoms. The minimum atomic E-state index is -0.875. The van der Waals surface area contributed by atoms with Crippen molar-refractivity contribution in [2.75, 3.05) is 37.8 Å². The number of ether oxygens (including phenoxy) is 1. The fourth-order valence-corrected chi connectivity index (χ4v) is 6.50. The van der Waals surface area contributed by atoms with Crippen molar-refractivity contribution < 1.29 is 23.8 Å². The highest BCUT2D eigenvalue weighted by Gasteiger charge is 2.56. The molecular formula is C30H37FN4O4. The summed E-state index contributed by atoms with van der Waals surface area (Å²) < 4.78 is 20.4. The Labute approximate surface area is 229 Å². The zero-order chi connectivity index (χ0) is 27.9. The lowest BCUT2D eigenvalue weighted by Crippen LogP contribution is -2.59. The molecule has 2 aromatic carbocycles. The van der Waals surface area contributed by atoms with E-state index in [9.17, 15) is 19.1 Å². The number of benzene rings is 2. The molecule has 0 bridgehead atoms. The van der Waals surface area contributed by atoms with E-state index in [1.807, 2.05) is 30.3 Å². The molecule has 2 aromatic rings. The molecule has 0 aliphatic carbocycles. The zero-order valence-electron chi connectivity index (χ0n) is 23.1. The third-order valence-electron chi connectivity index (χ3n) is 8.44. The summed E-state index contributed by atoms with van der Waals surface area (Å²) in [5.74, 6) is 0.0467. The molecule has 3 heterocycles. The maximum Gasteiger partial charge on any atom is 0.407 e. The van der Waals surface area contributed by atoms with Gasteiger partial charge >= 0.3 is 6.09 Å². The van der Waals surface area contributed by atoms with Crippen LogP contribution in [0.1, 0.15) is 46.1 Å². The number of rotatable bonds is 6. The average Bonchev–Trinajstić information content (AvgIpc) is 3.24. The largest absolute Gasteiger partial charge is 0.489 e. The summed E-state index contributed by atoms with van der Waals surface area (Å²) in [6.45, 7) is 10.6. The number of ketones is 1. The Balaban J connectivity index is 1.44. The van der Waals surface area contributed by atoms with Crippen LogP contribution in [0, 0.1) is 11.2 Å². The molecule has 0 aromatic heterocycles. The van der Waals surface area contributed by atoms with E-state index in [1.54, 1.807) is 22.9 Å². The maximum absolute atomic E-state index is 14.3. The number of anilines is 1. The molecule has 0 saturated carbocycles. The van der Waals surface area contributed by atoms with Crippen LogP contribution in [-0.4, -0.2) is 77.4 Å². The number of halogens is 1. The Hall–Kier alpha value is -3.46. The van der Waals surface area contributed by atoms with Crippen LogP contribution >= 0.6 is 0 Å². The van der Waals surface area contributed by atoms with Gasteiger partial charge in [0.05, 0.1) is 11.5 Å². The van der Waals surface area contributed by atoms with Gasteiger partial charge in [-0.3, -0.25) is 14.7 Å². The van der Waals surface area contributed by atoms with Crippen LogP contribution in [0.4, 0.5) is 14.9 Å². The van der Waals surface area contributed by atoms with Crippen LogP contribution in [0.5, 0.6) is 5.75 Å². The first-order valence-corrected chi connectivity index (χ1v) is 13.6. The van der Waals surface area contributed by atoms with Gasteiger partial charge in [0, 0.05) is 32.6 Å². The molecule has 2 unspecified atom stereocenters. The Bertz CT molecular complexity index is 1280. The molecule has 0 radical (unpaired) electrons. The van der Waals surface area contributed by atoms with Gasteiger partial charge in [-0.25, -0.2) is 9.18 Å². The molecule has 0 spiro atoms. The van der Waals surface area contributed by atoms with Crippen LogP contribution in [0.3, 0.4) is 0 Å². The Morgan fingerprint density at radius 1 is 1.15 bits per heavy atom. The molecule has 5 rings (SSSR count). The van der Waals surface area contributed by atoms with Gasteiger partial charge in [0.15, 0.2) is 5.78 Å². The molecule has 1 saturated heterocycles. The minimum Gasteiger partial charge on any atom is -0.489 e. The predicted octanol–water partition coefficient (Wildman–Crippen LogP) is 4.78. The number of carbonyl (C=O) groups excluding carboxylic acids is 1. The SMILES string of the molecule is CC(=O)C1=NN2c3cc(F)ccc3OCC2[C@@]1(CCCN1CCN(C(=O)O)C(C(C)(C)C)C1)c1ccccc1. The number of hydrazone groups is 1. The predicted molar refractivity (Wildman–Crippen MR) is 148 cm³/mol. The maximum atomic E-state index is 14.3. The van der Waals surface area contributed by atoms with E-state index in [0.29, 0.717) is 49.8 Å². The van der Waals surface area contributed by atoms with Crippen LogP contribution in [-0.2, 0) is 10.2 Å². The number of hydrogen-bond donors (Lipinski definition) is 1. The number of piperazine rings is 1. The van der Waals surface area contributed by atoms with Gasteiger partial charge in [-0.05, 0) is 42.5 Å². The lowest BCUT2D eigenvalue weighted by atomic mass is 9.67. The first kappa shape index (κ1) is 27.1. The summed E-state index contributed by atoms with van der Waals surface area (Å²) >= 11 is 0. The van der Waals surface area contributed by atoms with E-state index in [2.05, 4.69) is 25.7 Å². The number of carbonyl (C=O) groups is 2. The van der Waals surface area contributed by atoms with Crippen LogP contribution in [0.2, 0.25) is 0 Å². The van der Waals surface area contributed by atoms with Gasteiger partial charge in [-0.2, -0.15) is 5.10 Å². The number of amides is 1. The van der Waals surface area contributed by atoms with Crippen LogP contribution in [0.15, 0.2) is 53.6 Å². The summed E-state index contributed by atoms with van der Waals surface area (Å²) in [4.78, 5) is 28.9. The molecule has 208 valence electrons. The summed E-state index contributed by atoms with van der Waals surface area (Å²) in [6, 6.07) is 13.9. The monoisotopic (exact) mass is 536 g/mol. The third kappa shape index (κ3) is 4.88. The van der Waals surface area contributed by atoms with Crippen molar-refractivity contribution in [3.8, 4) is 5.75 Å². The Morgan fingerprint density at radius 3 is 2.56 bits per heavy atom. The lowest BCUT2D eigenvalue weighted by molar-refractivity contribution is -0.111. The molecule has 1 N–H and O–H groups in total. The van der Waals surface area contributed by atoms with Gasteiger partial charge in [0.1, 0.15) is 35.6 Å². The number of carboxylic acid groups (broad SMARTS) is 1. The van der Waals surface area contributed by atoms with Crippen molar-refractivity contribution in [3.63, 3.8) is 0 Å². The van der Waals surface area contributed by atoms with Gasteiger partial charge in [-0.1, -0.05) is 51.1 Å². The van der Waals surface area contributed by atoms with Crippen molar-refractivity contribution in [3.05, 3.63) is 59.9 Å². The summed E-state index contributed by atoms with van der Waals surface area (Å²) in [7, 11) is 0. The third-order valence-corrected chi connectivity index (χ3v) is 8.44. The van der Waals surface area contributed by atoms with Crippen molar-refractivity contribution in [2.45, 2.75) is 58.0 Å². The second-order valence-corrected chi connectivity index (χ2v) is 11.9. The van der Waals surface area contributed by atoms with Crippen molar-refractivity contribution in [2.24, 2.45) is 10.5 Å². The number of Topliss-reactive ketones (excluding diaryl/α,β-unsaturated/α-hetero) is 1. The number of fused-ring (bicyclic) bond motifs is 3. The highest BCUT2D eigenvalue weighted by Crippen LogP contribution is 2.48. The quantitative estimate of drug-likeness (QED) is 0.572. The Kier molecular flexibility index (Phi) is 7.13. The van der Waals surface area contributed by atoms with Gasteiger partial charge in [-0.15, -0.1) is 0 Å². The second kappa shape index (κ2) is 10.3. The highest BCUT2D eigenvalue weighted by molar-refractivity contribution is 6.43. The zero-order valence-corrected chi connectivity index (χ0v) is 23.1. The number of hydrogen-bond acceptors (Lipinski definition) is 6. The van der Waals surface area contributed by atoms with Gasteiger partial charge in [0.25, 0.3) is 0 Å². The van der Waals surface area contributed by atoms with Crippen LogP contribution in [0.25, 0.3) is 0 Å². The molecule has 8 nitrogen and oxygen atoms in total. The van der Waals surface area contributed by atoms with Gasteiger partial charge < -0.3 is 14.7 Å². The molecule has 3 atom stereocenters. The van der Waals surface area contributed by atoms with Crippen molar-refractivity contribution in [1.29, 1.82) is 0 Å². The van der Waals surface area contributed by atoms with E-state index in [0.717, 1.165) is 18.5 Å². The smallest absolute Gasteiger partial charge is 0.407 e. The van der Waals surface area contributed by atoms with E-state index >= 15 is 0 Å². The van der Waals surface area contributed by atoms with E-state index in [-0.39, 0.29) is 29.1 Å². The lowest BCUT2D eigenvalue weighted by Gasteiger charge is -2.46. The Morgan fingerprint density at radius 2 is 1.90 bits per heavy atom. The molecular weight excluding hydrogens is 499 g/mol. The van der Waals surface area contributed by atoms with Gasteiger partial charge in [0.2, 0.25) is 0 Å². The number of nitrogens with zero attached hydrogens (tertiary/aromatic N) is 4. The fourth-order valence-electron chi connectivity index (χ4n) is 6.50. The van der Waals surface area contributed by atoms with E-state index in [1.165, 1.54) is 12.1 Å². The molecule has 9 heteroatoms. The normalized spacial score (nSPS) is 25.0. The average molecular weight is 537 g/mol. The molecule has 3 aliphatic heterocycles. The first-order chi connectivity index (χ1) is 18.5.